The molecule has 0 spiro atoms. The Morgan fingerprint density at radius 3 is 2.47 bits per heavy atom. The molecular formula is C23H37N5O2. The summed E-state index contributed by atoms with van der Waals surface area (Å²) in [5.74, 6) is 3.53. The molecule has 4 unspecified atom stereocenters. The topological polar surface area (TPSA) is 75.9 Å². The summed E-state index contributed by atoms with van der Waals surface area (Å²) in [6.07, 6.45) is 7.91. The van der Waals surface area contributed by atoms with E-state index < -0.39 is 0 Å². The predicted octanol–water partition coefficient (Wildman–Crippen LogP) is 3.18. The van der Waals surface area contributed by atoms with Gasteiger partial charge in [-0.05, 0) is 83.3 Å². The molecule has 2 aliphatic rings. The maximum Gasteiger partial charge on any atom is 0.332 e. The molecule has 2 aliphatic carbocycles. The molecule has 4 rings (SSSR count). The third kappa shape index (κ3) is 3.77. The summed E-state index contributed by atoms with van der Waals surface area (Å²) >= 11 is 0. The van der Waals surface area contributed by atoms with Crippen molar-refractivity contribution in [2.75, 3.05) is 20.6 Å². The first-order chi connectivity index (χ1) is 14.4. The van der Waals surface area contributed by atoms with Gasteiger partial charge in [-0.2, -0.15) is 0 Å². The van der Waals surface area contributed by atoms with Crippen molar-refractivity contribution in [3.8, 4) is 0 Å². The lowest BCUT2D eigenvalue weighted by Gasteiger charge is -2.28. The van der Waals surface area contributed by atoms with E-state index in [1.165, 1.54) is 30.3 Å². The van der Waals surface area contributed by atoms with Crippen LogP contribution in [-0.2, 0) is 13.1 Å². The Labute approximate surface area is 178 Å². The molecule has 2 aromatic rings. The summed E-state index contributed by atoms with van der Waals surface area (Å²) in [6.45, 7) is 6.23. The van der Waals surface area contributed by atoms with E-state index in [-0.39, 0.29) is 11.2 Å². The number of H-pyrrole nitrogens is 1. The summed E-state index contributed by atoms with van der Waals surface area (Å²) in [5, 5.41) is 0. The van der Waals surface area contributed by atoms with Crippen molar-refractivity contribution in [3.63, 3.8) is 0 Å². The van der Waals surface area contributed by atoms with Gasteiger partial charge < -0.3 is 9.88 Å². The Hall–Kier alpha value is -1.89. The Morgan fingerprint density at radius 1 is 1.07 bits per heavy atom. The zero-order chi connectivity index (χ0) is 21.4. The number of fused-ring (bicyclic) bond motifs is 3. The van der Waals surface area contributed by atoms with E-state index in [1.54, 1.807) is 4.57 Å². The van der Waals surface area contributed by atoms with E-state index in [4.69, 9.17) is 4.98 Å². The van der Waals surface area contributed by atoms with Crippen LogP contribution in [-0.4, -0.2) is 44.6 Å². The van der Waals surface area contributed by atoms with Crippen LogP contribution in [0.4, 0.5) is 0 Å². The Kier molecular flexibility index (Phi) is 6.19. The van der Waals surface area contributed by atoms with Gasteiger partial charge in [-0.25, -0.2) is 9.78 Å². The van der Waals surface area contributed by atoms with Crippen LogP contribution in [0.25, 0.3) is 11.2 Å². The summed E-state index contributed by atoms with van der Waals surface area (Å²) < 4.78 is 3.08. The predicted molar refractivity (Wildman–Crippen MR) is 120 cm³/mol. The highest BCUT2D eigenvalue weighted by molar-refractivity contribution is 5.70. The third-order valence-electron chi connectivity index (χ3n) is 7.26. The average molecular weight is 416 g/mol. The highest BCUT2D eigenvalue weighted by Gasteiger charge is 2.47. The molecule has 2 aromatic heterocycles. The maximum atomic E-state index is 13.0. The smallest absolute Gasteiger partial charge is 0.332 e. The van der Waals surface area contributed by atoms with Gasteiger partial charge in [0.05, 0.1) is 0 Å². The highest BCUT2D eigenvalue weighted by Crippen LogP contribution is 2.56. The van der Waals surface area contributed by atoms with Gasteiger partial charge in [0, 0.05) is 19.0 Å². The number of imidazole rings is 1. The van der Waals surface area contributed by atoms with Crippen LogP contribution in [0.15, 0.2) is 9.59 Å². The minimum Gasteiger partial charge on any atom is -0.336 e. The molecule has 1 N–H and O–H groups in total. The number of hydrogen-bond acceptors (Lipinski definition) is 4. The first-order valence-electron chi connectivity index (χ1n) is 11.8. The molecule has 30 heavy (non-hydrogen) atoms. The van der Waals surface area contributed by atoms with Crippen molar-refractivity contribution in [2.45, 2.75) is 77.8 Å². The normalized spacial score (nSPS) is 25.8. The van der Waals surface area contributed by atoms with Crippen LogP contribution in [0.3, 0.4) is 0 Å². The molecule has 0 radical (unpaired) electrons. The summed E-state index contributed by atoms with van der Waals surface area (Å²) in [6, 6.07) is 0. The second kappa shape index (κ2) is 8.69. The largest absolute Gasteiger partial charge is 0.336 e. The molecule has 4 atom stereocenters. The van der Waals surface area contributed by atoms with Crippen LogP contribution in [0.5, 0.6) is 0 Å². The Bertz CT molecular complexity index is 1000. The van der Waals surface area contributed by atoms with Gasteiger partial charge in [-0.15, -0.1) is 0 Å². The quantitative estimate of drug-likeness (QED) is 0.682. The Balaban J connectivity index is 1.67. The van der Waals surface area contributed by atoms with Crippen LogP contribution in [0.2, 0.25) is 0 Å². The van der Waals surface area contributed by atoms with E-state index in [9.17, 15) is 9.59 Å². The zero-order valence-corrected chi connectivity index (χ0v) is 19.0. The minimum atomic E-state index is -0.219. The van der Waals surface area contributed by atoms with E-state index in [2.05, 4.69) is 30.9 Å². The molecular weight excluding hydrogens is 378 g/mol. The molecule has 0 amide bonds. The van der Waals surface area contributed by atoms with Crippen LogP contribution < -0.4 is 11.2 Å². The summed E-state index contributed by atoms with van der Waals surface area (Å²) in [4.78, 5) is 36.5. The monoisotopic (exact) mass is 415 g/mol. The van der Waals surface area contributed by atoms with E-state index in [1.807, 2.05) is 6.92 Å². The lowest BCUT2D eigenvalue weighted by molar-refractivity contribution is 0.258. The number of nitrogens with zero attached hydrogens (tertiary/aromatic N) is 4. The molecule has 2 fully saturated rings. The SMILES string of the molecule is CCCn1c(=O)c2[nH]c(C3CC4CC(CCCN(C)C)C3C4)nc2n(CCC)c1=O. The second-order valence-electron chi connectivity index (χ2n) is 9.76. The summed E-state index contributed by atoms with van der Waals surface area (Å²) in [7, 11) is 4.28. The molecule has 7 heteroatoms. The Morgan fingerprint density at radius 2 is 1.80 bits per heavy atom. The van der Waals surface area contributed by atoms with Crippen molar-refractivity contribution >= 4 is 11.2 Å². The number of nitrogens with one attached hydrogen (secondary N) is 1. The van der Waals surface area contributed by atoms with Gasteiger partial charge in [-0.1, -0.05) is 13.8 Å². The van der Waals surface area contributed by atoms with Gasteiger partial charge in [0.2, 0.25) is 0 Å². The van der Waals surface area contributed by atoms with E-state index in [0.29, 0.717) is 36.1 Å². The standard InChI is InChI=1S/C23H37N5O2/c1-5-9-27-21-19(22(29)28(10-6-2)23(27)30)24-20(25-21)18-14-15-12-16(17(18)13-15)8-7-11-26(3)4/h15-18H,5-14H2,1-4H3,(H,24,25). The lowest BCUT2D eigenvalue weighted by Crippen LogP contribution is -2.40. The first kappa shape index (κ1) is 21.3. The van der Waals surface area contributed by atoms with Crippen molar-refractivity contribution in [1.82, 2.24) is 24.0 Å². The molecule has 0 saturated heterocycles. The zero-order valence-electron chi connectivity index (χ0n) is 19.0. The van der Waals surface area contributed by atoms with Crippen LogP contribution in [0.1, 0.15) is 70.5 Å². The number of aromatic amines is 1. The van der Waals surface area contributed by atoms with Gasteiger partial charge >= 0.3 is 5.69 Å². The number of aryl methyl sites for hydroxylation is 1. The van der Waals surface area contributed by atoms with Crippen LogP contribution in [0, 0.1) is 17.8 Å². The third-order valence-corrected chi connectivity index (χ3v) is 7.26. The molecule has 2 bridgehead atoms. The fraction of sp³-hybridized carbons (Fsp3) is 0.783. The maximum absolute atomic E-state index is 13.0. The molecule has 7 nitrogen and oxygen atoms in total. The molecule has 166 valence electrons. The molecule has 2 heterocycles. The van der Waals surface area contributed by atoms with Gasteiger partial charge in [-0.3, -0.25) is 13.9 Å². The second-order valence-corrected chi connectivity index (χ2v) is 9.76. The summed E-state index contributed by atoms with van der Waals surface area (Å²) in [5.41, 5.74) is 0.636. The van der Waals surface area contributed by atoms with E-state index in [0.717, 1.165) is 43.5 Å². The van der Waals surface area contributed by atoms with Gasteiger partial charge in [0.15, 0.2) is 5.65 Å². The number of aromatic nitrogens is 4. The highest BCUT2D eigenvalue weighted by atomic mass is 16.2. The fourth-order valence-corrected chi connectivity index (χ4v) is 6.02. The van der Waals surface area contributed by atoms with Crippen molar-refractivity contribution < 1.29 is 0 Å². The van der Waals surface area contributed by atoms with Crippen LogP contribution >= 0.6 is 0 Å². The fourth-order valence-electron chi connectivity index (χ4n) is 6.02. The van der Waals surface area contributed by atoms with E-state index >= 15 is 0 Å². The first-order valence-corrected chi connectivity index (χ1v) is 11.8. The van der Waals surface area contributed by atoms with Crippen molar-refractivity contribution in [2.24, 2.45) is 17.8 Å². The van der Waals surface area contributed by atoms with Gasteiger partial charge in [0.1, 0.15) is 11.3 Å². The lowest BCUT2D eigenvalue weighted by atomic mass is 9.78. The minimum absolute atomic E-state index is 0.214. The van der Waals surface area contributed by atoms with Crippen molar-refractivity contribution in [3.05, 3.63) is 26.7 Å². The van der Waals surface area contributed by atoms with Crippen molar-refractivity contribution in [1.29, 1.82) is 0 Å². The molecule has 0 aliphatic heterocycles. The molecule has 2 saturated carbocycles. The number of hydrogen-bond donors (Lipinski definition) is 1. The molecule has 0 aromatic carbocycles. The average Bonchev–Trinajstić information content (AvgIpc) is 3.42. The number of rotatable bonds is 9. The van der Waals surface area contributed by atoms with Gasteiger partial charge in [0.25, 0.3) is 5.56 Å².